The Bertz CT molecular complexity index is 693. The fourth-order valence-corrected chi connectivity index (χ4v) is 4.40. The van der Waals surface area contributed by atoms with E-state index >= 15 is 0 Å². The van der Waals surface area contributed by atoms with Crippen LogP contribution < -0.4 is 4.74 Å². The zero-order valence-electron chi connectivity index (χ0n) is 11.9. The van der Waals surface area contributed by atoms with Crippen molar-refractivity contribution in [2.45, 2.75) is 38.2 Å². The molecule has 0 N–H and O–H groups in total. The summed E-state index contributed by atoms with van der Waals surface area (Å²) in [6.45, 7) is 4.35. The van der Waals surface area contributed by atoms with Crippen LogP contribution in [0.15, 0.2) is 24.4 Å². The molecule has 3 atom stereocenters. The van der Waals surface area contributed by atoms with E-state index in [1.54, 1.807) is 6.20 Å². The average Bonchev–Trinajstić information content (AvgIpc) is 2.49. The molecule has 1 heterocycles. The van der Waals surface area contributed by atoms with E-state index in [1.807, 2.05) is 18.2 Å². The molecule has 2 aromatic rings. The van der Waals surface area contributed by atoms with Crippen LogP contribution in [-0.2, 0) is 0 Å². The van der Waals surface area contributed by atoms with E-state index in [4.69, 9.17) is 27.9 Å². The summed E-state index contributed by atoms with van der Waals surface area (Å²) in [6.07, 6.45) is 3.77. The summed E-state index contributed by atoms with van der Waals surface area (Å²) in [5, 5.41) is 1.81. The predicted molar refractivity (Wildman–Crippen MR) is 96.5 cm³/mol. The Morgan fingerprint density at radius 3 is 2.95 bits per heavy atom. The summed E-state index contributed by atoms with van der Waals surface area (Å²) < 4.78 is 7.30. The molecule has 1 aliphatic carbocycles. The van der Waals surface area contributed by atoms with Crippen LogP contribution in [0.4, 0.5) is 0 Å². The Balaban J connectivity index is 2.02. The lowest BCUT2D eigenvalue weighted by molar-refractivity contribution is -0.0291. The van der Waals surface area contributed by atoms with Crippen LogP contribution in [0.3, 0.4) is 0 Å². The molecule has 3 rings (SSSR count). The standard InChI is InChI=1S/C16H16Cl2INO/c1-3-16(2)12(18)8-13(16)21-15-11(19)7-10(17)9-5-4-6-20-14(9)15/h4-7,12-13H,3,8H2,1-2H3. The van der Waals surface area contributed by atoms with Gasteiger partial charge in [0, 0.05) is 28.8 Å². The highest BCUT2D eigenvalue weighted by atomic mass is 127. The zero-order chi connectivity index (χ0) is 15.2. The average molecular weight is 436 g/mol. The Labute approximate surface area is 148 Å². The van der Waals surface area contributed by atoms with Gasteiger partial charge in [0.1, 0.15) is 11.6 Å². The predicted octanol–water partition coefficient (Wildman–Crippen LogP) is 5.67. The number of nitrogens with zero attached hydrogens (tertiary/aromatic N) is 1. The lowest BCUT2D eigenvalue weighted by Gasteiger charge is -2.50. The minimum atomic E-state index is 0.0192. The van der Waals surface area contributed by atoms with E-state index in [1.165, 1.54) is 0 Å². The van der Waals surface area contributed by atoms with Crippen LogP contribution in [0.5, 0.6) is 5.75 Å². The van der Waals surface area contributed by atoms with Gasteiger partial charge < -0.3 is 4.74 Å². The third-order valence-corrected chi connectivity index (χ3v) is 6.44. The molecule has 112 valence electrons. The molecule has 2 nitrogen and oxygen atoms in total. The maximum Gasteiger partial charge on any atom is 0.159 e. The van der Waals surface area contributed by atoms with Crippen molar-refractivity contribution in [3.63, 3.8) is 0 Å². The number of hydrogen-bond donors (Lipinski definition) is 0. The first-order valence-electron chi connectivity index (χ1n) is 7.01. The molecular formula is C16H16Cl2INO. The van der Waals surface area contributed by atoms with Gasteiger partial charge in [-0.2, -0.15) is 0 Å². The van der Waals surface area contributed by atoms with Crippen LogP contribution >= 0.6 is 45.8 Å². The second-order valence-electron chi connectivity index (χ2n) is 5.74. The summed E-state index contributed by atoms with van der Waals surface area (Å²) in [6, 6.07) is 5.79. The Morgan fingerprint density at radius 1 is 1.52 bits per heavy atom. The van der Waals surface area contributed by atoms with Crippen molar-refractivity contribution in [2.75, 3.05) is 0 Å². The third kappa shape index (κ3) is 2.51. The number of halogens is 3. The highest BCUT2D eigenvalue weighted by Crippen LogP contribution is 2.50. The van der Waals surface area contributed by atoms with Gasteiger partial charge in [-0.15, -0.1) is 11.6 Å². The van der Waals surface area contributed by atoms with Gasteiger partial charge in [-0.05, 0) is 47.2 Å². The number of aromatic nitrogens is 1. The molecule has 1 fully saturated rings. The number of hydrogen-bond acceptors (Lipinski definition) is 2. The van der Waals surface area contributed by atoms with Crippen molar-refractivity contribution in [3.8, 4) is 5.75 Å². The quantitative estimate of drug-likeness (QED) is 0.457. The Morgan fingerprint density at radius 2 is 2.29 bits per heavy atom. The number of alkyl halides is 1. The van der Waals surface area contributed by atoms with Gasteiger partial charge in [0.05, 0.1) is 8.59 Å². The van der Waals surface area contributed by atoms with Crippen molar-refractivity contribution >= 4 is 56.7 Å². The lowest BCUT2D eigenvalue weighted by Crippen LogP contribution is -2.55. The van der Waals surface area contributed by atoms with Crippen LogP contribution in [0.2, 0.25) is 5.02 Å². The largest absolute Gasteiger partial charge is 0.486 e. The van der Waals surface area contributed by atoms with Gasteiger partial charge >= 0.3 is 0 Å². The summed E-state index contributed by atoms with van der Waals surface area (Å²) >= 11 is 14.9. The van der Waals surface area contributed by atoms with Gasteiger partial charge in [0.15, 0.2) is 5.75 Å². The number of rotatable bonds is 3. The van der Waals surface area contributed by atoms with Crippen LogP contribution in [-0.4, -0.2) is 16.5 Å². The van der Waals surface area contributed by atoms with Crippen molar-refractivity contribution in [1.29, 1.82) is 0 Å². The maximum absolute atomic E-state index is 6.38. The molecule has 1 aliphatic rings. The van der Waals surface area contributed by atoms with Crippen molar-refractivity contribution in [2.24, 2.45) is 5.41 Å². The molecule has 0 amide bonds. The molecule has 0 aliphatic heterocycles. The summed E-state index contributed by atoms with van der Waals surface area (Å²) in [4.78, 5) is 4.46. The highest BCUT2D eigenvalue weighted by Gasteiger charge is 2.51. The number of ether oxygens (including phenoxy) is 1. The minimum absolute atomic E-state index is 0.0192. The highest BCUT2D eigenvalue weighted by molar-refractivity contribution is 14.1. The van der Waals surface area contributed by atoms with E-state index in [0.717, 1.165) is 33.1 Å². The zero-order valence-corrected chi connectivity index (χ0v) is 15.5. The molecule has 1 saturated carbocycles. The molecule has 5 heteroatoms. The van der Waals surface area contributed by atoms with Crippen molar-refractivity contribution < 1.29 is 4.74 Å². The van der Waals surface area contributed by atoms with Crippen molar-refractivity contribution in [3.05, 3.63) is 33.0 Å². The fraction of sp³-hybridized carbons (Fsp3) is 0.438. The summed E-state index contributed by atoms with van der Waals surface area (Å²) in [5.41, 5.74) is 0.844. The first-order chi connectivity index (χ1) is 9.97. The third-order valence-electron chi connectivity index (χ3n) is 4.64. The molecule has 0 bridgehead atoms. The number of benzene rings is 1. The number of fused-ring (bicyclic) bond motifs is 1. The molecule has 1 aromatic carbocycles. The second kappa shape index (κ2) is 5.74. The molecule has 3 unspecified atom stereocenters. The smallest absolute Gasteiger partial charge is 0.159 e. The van der Waals surface area contributed by atoms with Crippen LogP contribution in [0.25, 0.3) is 10.9 Å². The maximum atomic E-state index is 6.38. The van der Waals surface area contributed by atoms with E-state index < -0.39 is 0 Å². The van der Waals surface area contributed by atoms with E-state index in [9.17, 15) is 0 Å². The normalized spacial score (nSPS) is 28.4. The second-order valence-corrected chi connectivity index (χ2v) is 7.83. The first-order valence-corrected chi connectivity index (χ1v) is 8.90. The van der Waals surface area contributed by atoms with Gasteiger partial charge in [-0.3, -0.25) is 4.98 Å². The number of pyridine rings is 1. The monoisotopic (exact) mass is 435 g/mol. The van der Waals surface area contributed by atoms with Crippen molar-refractivity contribution in [1.82, 2.24) is 4.98 Å². The Hall–Kier alpha value is -0.260. The van der Waals surface area contributed by atoms with Gasteiger partial charge in [0.2, 0.25) is 0 Å². The summed E-state index contributed by atoms with van der Waals surface area (Å²) in [5.74, 6) is 0.823. The molecule has 1 aromatic heterocycles. The van der Waals surface area contributed by atoms with Crippen LogP contribution in [0.1, 0.15) is 26.7 Å². The first kappa shape index (κ1) is 15.6. The Kier molecular flexibility index (Phi) is 4.27. The minimum Gasteiger partial charge on any atom is -0.486 e. The summed E-state index contributed by atoms with van der Waals surface area (Å²) in [7, 11) is 0. The molecular weight excluding hydrogens is 420 g/mol. The molecule has 0 saturated heterocycles. The SMILES string of the molecule is CCC1(C)C(Cl)CC1Oc1c(I)cc(Cl)c2cccnc12. The van der Waals surface area contributed by atoms with Gasteiger partial charge in [0.25, 0.3) is 0 Å². The van der Waals surface area contributed by atoms with Gasteiger partial charge in [-0.25, -0.2) is 0 Å². The molecule has 21 heavy (non-hydrogen) atoms. The van der Waals surface area contributed by atoms with Crippen LogP contribution in [0, 0.1) is 8.99 Å². The van der Waals surface area contributed by atoms with E-state index in [2.05, 4.69) is 41.4 Å². The topological polar surface area (TPSA) is 22.1 Å². The van der Waals surface area contributed by atoms with E-state index in [0.29, 0.717) is 5.02 Å². The van der Waals surface area contributed by atoms with E-state index in [-0.39, 0.29) is 16.9 Å². The van der Waals surface area contributed by atoms with Gasteiger partial charge in [-0.1, -0.05) is 25.4 Å². The molecule has 0 radical (unpaired) electrons. The molecule has 0 spiro atoms. The lowest BCUT2D eigenvalue weighted by atomic mass is 9.65. The fourth-order valence-electron chi connectivity index (χ4n) is 2.80.